The lowest BCUT2D eigenvalue weighted by Gasteiger charge is -2.33. The minimum Gasteiger partial charge on any atom is -0.496 e. The molecule has 2 aromatic carbocycles. The van der Waals surface area contributed by atoms with Crippen LogP contribution in [0.5, 0.6) is 5.75 Å². The molecule has 2 heterocycles. The Morgan fingerprint density at radius 1 is 1.12 bits per heavy atom. The zero-order valence-corrected chi connectivity index (χ0v) is 14.4. The second-order valence-electron chi connectivity index (χ2n) is 6.36. The molecule has 0 radical (unpaired) electrons. The van der Waals surface area contributed by atoms with Gasteiger partial charge in [0, 0.05) is 36.8 Å². The van der Waals surface area contributed by atoms with Gasteiger partial charge < -0.3 is 9.47 Å². The molecule has 25 heavy (non-hydrogen) atoms. The number of morpholine rings is 1. The van der Waals surface area contributed by atoms with Crippen LogP contribution >= 0.6 is 0 Å². The highest BCUT2D eigenvalue weighted by atomic mass is 16.5. The molecule has 0 saturated carbocycles. The van der Waals surface area contributed by atoms with Crippen LogP contribution in [0.25, 0.3) is 10.8 Å². The number of pyridine rings is 1. The van der Waals surface area contributed by atoms with E-state index in [0.717, 1.165) is 36.5 Å². The molecule has 128 valence electrons. The maximum absolute atomic E-state index is 6.00. The Hall–Kier alpha value is -2.43. The monoisotopic (exact) mass is 334 g/mol. The van der Waals surface area contributed by atoms with Crippen molar-refractivity contribution in [3.63, 3.8) is 0 Å². The van der Waals surface area contributed by atoms with Gasteiger partial charge in [-0.3, -0.25) is 9.88 Å². The summed E-state index contributed by atoms with van der Waals surface area (Å²) >= 11 is 0. The first-order valence-corrected chi connectivity index (χ1v) is 8.64. The van der Waals surface area contributed by atoms with E-state index in [2.05, 4.69) is 46.3 Å². The van der Waals surface area contributed by atoms with Crippen LogP contribution < -0.4 is 4.74 Å². The molecule has 4 heteroatoms. The predicted octanol–water partition coefficient (Wildman–Crippen LogP) is 3.82. The molecule has 1 aliphatic rings. The second kappa shape index (κ2) is 7.21. The molecule has 4 rings (SSSR count). The number of aromatic nitrogens is 1. The molecule has 1 aliphatic heterocycles. The number of hydrogen-bond donors (Lipinski definition) is 0. The molecule has 1 atom stereocenters. The molecule has 1 saturated heterocycles. The predicted molar refractivity (Wildman–Crippen MR) is 98.7 cm³/mol. The summed E-state index contributed by atoms with van der Waals surface area (Å²) in [5.41, 5.74) is 2.21. The minimum absolute atomic E-state index is 0.00747. The molecule has 3 aromatic rings. The summed E-state index contributed by atoms with van der Waals surface area (Å²) in [7, 11) is 1.72. The number of hydrogen-bond acceptors (Lipinski definition) is 4. The Balaban J connectivity index is 1.52. The van der Waals surface area contributed by atoms with Crippen LogP contribution in [0.15, 0.2) is 60.8 Å². The normalized spacial score (nSPS) is 18.4. The van der Waals surface area contributed by atoms with Gasteiger partial charge in [0.15, 0.2) is 0 Å². The molecule has 0 amide bonds. The fourth-order valence-electron chi connectivity index (χ4n) is 3.38. The largest absolute Gasteiger partial charge is 0.496 e. The van der Waals surface area contributed by atoms with Gasteiger partial charge in [0.25, 0.3) is 0 Å². The first kappa shape index (κ1) is 16.1. The van der Waals surface area contributed by atoms with E-state index < -0.39 is 0 Å². The molecule has 0 bridgehead atoms. The number of para-hydroxylation sites is 1. The third-order valence-electron chi connectivity index (χ3n) is 4.72. The van der Waals surface area contributed by atoms with Crippen LogP contribution in [0.4, 0.5) is 0 Å². The molecule has 0 spiro atoms. The summed E-state index contributed by atoms with van der Waals surface area (Å²) in [5.74, 6) is 0.939. The summed E-state index contributed by atoms with van der Waals surface area (Å²) in [6, 6.07) is 18.6. The molecule has 1 fully saturated rings. The summed E-state index contributed by atoms with van der Waals surface area (Å²) in [5, 5.41) is 2.37. The standard InChI is InChI=1S/C21H22N2O2/c1-24-20-9-5-4-8-18(20)14-23-10-11-25-21(15-23)19-12-16-6-2-3-7-17(16)13-22-19/h2-9,12-13,21H,10-11,14-15H2,1H3. The molecule has 1 aromatic heterocycles. The summed E-state index contributed by atoms with van der Waals surface area (Å²) in [6.07, 6.45) is 1.95. The van der Waals surface area contributed by atoms with Crippen molar-refractivity contribution in [3.05, 3.63) is 72.1 Å². The van der Waals surface area contributed by atoms with Crippen molar-refractivity contribution in [2.24, 2.45) is 0 Å². The van der Waals surface area contributed by atoms with Crippen LogP contribution in [0, 0.1) is 0 Å². The number of methoxy groups -OCH3 is 1. The third kappa shape index (κ3) is 3.50. The number of ether oxygens (including phenoxy) is 2. The average molecular weight is 334 g/mol. The van der Waals surface area contributed by atoms with E-state index in [4.69, 9.17) is 9.47 Å². The Kier molecular flexibility index (Phi) is 4.63. The van der Waals surface area contributed by atoms with Crippen molar-refractivity contribution in [3.8, 4) is 5.75 Å². The van der Waals surface area contributed by atoms with Crippen LogP contribution in [0.2, 0.25) is 0 Å². The molecular weight excluding hydrogens is 312 g/mol. The first-order valence-electron chi connectivity index (χ1n) is 8.64. The SMILES string of the molecule is COc1ccccc1CN1CCOC(c2cc3ccccc3cn2)C1. The van der Waals surface area contributed by atoms with Gasteiger partial charge in [-0.05, 0) is 17.5 Å². The van der Waals surface area contributed by atoms with E-state index in [1.807, 2.05) is 24.4 Å². The van der Waals surface area contributed by atoms with Crippen molar-refractivity contribution in [2.75, 3.05) is 26.8 Å². The zero-order chi connectivity index (χ0) is 17.1. The quantitative estimate of drug-likeness (QED) is 0.726. The molecular formula is C21H22N2O2. The van der Waals surface area contributed by atoms with Gasteiger partial charge in [-0.15, -0.1) is 0 Å². The fourth-order valence-corrected chi connectivity index (χ4v) is 3.38. The van der Waals surface area contributed by atoms with E-state index in [0.29, 0.717) is 6.61 Å². The summed E-state index contributed by atoms with van der Waals surface area (Å²) < 4.78 is 11.5. The second-order valence-corrected chi connectivity index (χ2v) is 6.36. The van der Waals surface area contributed by atoms with Crippen molar-refractivity contribution < 1.29 is 9.47 Å². The van der Waals surface area contributed by atoms with Crippen molar-refractivity contribution in [1.29, 1.82) is 0 Å². The van der Waals surface area contributed by atoms with E-state index in [9.17, 15) is 0 Å². The van der Waals surface area contributed by atoms with Crippen molar-refractivity contribution in [1.82, 2.24) is 9.88 Å². The maximum Gasteiger partial charge on any atom is 0.123 e. The number of benzene rings is 2. The van der Waals surface area contributed by atoms with E-state index in [-0.39, 0.29) is 6.10 Å². The maximum atomic E-state index is 6.00. The lowest BCUT2D eigenvalue weighted by Crippen LogP contribution is -2.38. The van der Waals surface area contributed by atoms with Crippen LogP contribution in [0.1, 0.15) is 17.4 Å². The fraction of sp³-hybridized carbons (Fsp3) is 0.286. The van der Waals surface area contributed by atoms with E-state index in [1.165, 1.54) is 10.9 Å². The smallest absolute Gasteiger partial charge is 0.123 e. The zero-order valence-electron chi connectivity index (χ0n) is 14.4. The van der Waals surface area contributed by atoms with Crippen LogP contribution in [0.3, 0.4) is 0 Å². The van der Waals surface area contributed by atoms with Gasteiger partial charge >= 0.3 is 0 Å². The van der Waals surface area contributed by atoms with Gasteiger partial charge in [0.2, 0.25) is 0 Å². The van der Waals surface area contributed by atoms with Gasteiger partial charge in [-0.25, -0.2) is 0 Å². The van der Waals surface area contributed by atoms with E-state index >= 15 is 0 Å². The van der Waals surface area contributed by atoms with E-state index in [1.54, 1.807) is 7.11 Å². The molecule has 0 aliphatic carbocycles. The van der Waals surface area contributed by atoms with Gasteiger partial charge in [-0.1, -0.05) is 42.5 Å². The van der Waals surface area contributed by atoms with Gasteiger partial charge in [0.05, 0.1) is 19.4 Å². The van der Waals surface area contributed by atoms with Crippen molar-refractivity contribution in [2.45, 2.75) is 12.6 Å². The average Bonchev–Trinajstić information content (AvgIpc) is 2.68. The highest BCUT2D eigenvalue weighted by Gasteiger charge is 2.23. The van der Waals surface area contributed by atoms with Gasteiger partial charge in [-0.2, -0.15) is 0 Å². The topological polar surface area (TPSA) is 34.6 Å². The number of rotatable bonds is 4. The van der Waals surface area contributed by atoms with Crippen LogP contribution in [-0.2, 0) is 11.3 Å². The lowest BCUT2D eigenvalue weighted by molar-refractivity contribution is -0.0350. The minimum atomic E-state index is 0.00747. The summed E-state index contributed by atoms with van der Waals surface area (Å²) in [6.45, 7) is 3.33. The van der Waals surface area contributed by atoms with Crippen LogP contribution in [-0.4, -0.2) is 36.7 Å². The van der Waals surface area contributed by atoms with Gasteiger partial charge in [0.1, 0.15) is 11.9 Å². The number of fused-ring (bicyclic) bond motifs is 1. The highest BCUT2D eigenvalue weighted by Crippen LogP contribution is 2.26. The number of nitrogens with zero attached hydrogens (tertiary/aromatic N) is 2. The Bertz CT molecular complexity index is 865. The first-order chi connectivity index (χ1) is 12.3. The lowest BCUT2D eigenvalue weighted by atomic mass is 10.1. The molecule has 0 N–H and O–H groups in total. The molecule has 4 nitrogen and oxygen atoms in total. The van der Waals surface area contributed by atoms with Crippen molar-refractivity contribution >= 4 is 10.8 Å². The Labute approximate surface area is 148 Å². The summed E-state index contributed by atoms with van der Waals surface area (Å²) in [4.78, 5) is 7.04. The Morgan fingerprint density at radius 2 is 1.92 bits per heavy atom. The highest BCUT2D eigenvalue weighted by molar-refractivity contribution is 5.81. The Morgan fingerprint density at radius 3 is 2.80 bits per heavy atom. The third-order valence-corrected chi connectivity index (χ3v) is 4.72. The molecule has 1 unspecified atom stereocenters.